The Morgan fingerprint density at radius 3 is 2.76 bits per heavy atom. The highest BCUT2D eigenvalue weighted by molar-refractivity contribution is 6.30. The van der Waals surface area contributed by atoms with E-state index in [4.69, 9.17) is 16.3 Å². The Morgan fingerprint density at radius 1 is 1.15 bits per heavy atom. The van der Waals surface area contributed by atoms with Gasteiger partial charge in [0.25, 0.3) is 5.91 Å². The van der Waals surface area contributed by atoms with E-state index in [9.17, 15) is 9.59 Å². The van der Waals surface area contributed by atoms with Crippen LogP contribution in [0.4, 0.5) is 11.4 Å². The van der Waals surface area contributed by atoms with Crippen LogP contribution < -0.4 is 25.8 Å². The van der Waals surface area contributed by atoms with Crippen molar-refractivity contribution in [2.24, 2.45) is 5.92 Å². The number of carbonyl (C=O) groups is 2. The minimum absolute atomic E-state index is 0.0200. The predicted molar refractivity (Wildman–Crippen MR) is 127 cm³/mol. The summed E-state index contributed by atoms with van der Waals surface area (Å²) < 4.78 is 5.24. The third-order valence-corrected chi connectivity index (χ3v) is 6.29. The highest BCUT2D eigenvalue weighted by Gasteiger charge is 2.44. The zero-order valence-corrected chi connectivity index (χ0v) is 18.7. The first kappa shape index (κ1) is 21.3. The normalized spacial score (nSPS) is 18.8. The first-order valence-electron chi connectivity index (χ1n) is 10.7. The van der Waals surface area contributed by atoms with E-state index in [2.05, 4.69) is 16.1 Å². The average molecular weight is 463 g/mol. The second-order valence-electron chi connectivity index (χ2n) is 8.08. The summed E-state index contributed by atoms with van der Waals surface area (Å²) in [6.45, 7) is 0.910. The molecule has 7 nitrogen and oxygen atoms in total. The summed E-state index contributed by atoms with van der Waals surface area (Å²) >= 11 is 5.99. The van der Waals surface area contributed by atoms with Crippen LogP contribution in [0.2, 0.25) is 5.02 Å². The quantitative estimate of drug-likeness (QED) is 0.535. The van der Waals surface area contributed by atoms with Gasteiger partial charge in [-0.1, -0.05) is 23.7 Å². The molecule has 0 saturated carbocycles. The number of ether oxygens (including phenoxy) is 1. The molecule has 2 amide bonds. The van der Waals surface area contributed by atoms with E-state index >= 15 is 0 Å². The number of hydrazine groups is 1. The number of benzene rings is 3. The van der Waals surface area contributed by atoms with Crippen LogP contribution in [0.25, 0.3) is 0 Å². The highest BCUT2D eigenvalue weighted by atomic mass is 35.5. The Bertz CT molecular complexity index is 1210. The van der Waals surface area contributed by atoms with Gasteiger partial charge in [0.2, 0.25) is 5.91 Å². The van der Waals surface area contributed by atoms with E-state index in [0.29, 0.717) is 23.7 Å². The van der Waals surface area contributed by atoms with Crippen molar-refractivity contribution in [3.05, 3.63) is 88.4 Å². The molecule has 2 heterocycles. The third kappa shape index (κ3) is 4.13. The van der Waals surface area contributed by atoms with Gasteiger partial charge in [0.15, 0.2) is 0 Å². The first-order valence-corrected chi connectivity index (χ1v) is 11.1. The smallest absolute Gasteiger partial charge is 0.251 e. The summed E-state index contributed by atoms with van der Waals surface area (Å²) in [5.41, 5.74) is 7.35. The van der Waals surface area contributed by atoms with Crippen molar-refractivity contribution in [1.82, 2.24) is 10.7 Å². The molecular formula is C25H23ClN4O3. The summed E-state index contributed by atoms with van der Waals surface area (Å²) in [4.78, 5) is 25.9. The van der Waals surface area contributed by atoms with E-state index in [1.165, 1.54) is 0 Å². The van der Waals surface area contributed by atoms with Crippen molar-refractivity contribution in [2.75, 3.05) is 24.0 Å². The molecule has 2 aliphatic heterocycles. The molecule has 8 heteroatoms. The molecule has 3 N–H and O–H groups in total. The predicted octanol–water partition coefficient (Wildman–Crippen LogP) is 3.91. The van der Waals surface area contributed by atoms with Crippen molar-refractivity contribution < 1.29 is 14.3 Å². The van der Waals surface area contributed by atoms with Crippen LogP contribution >= 0.6 is 11.6 Å². The zero-order valence-electron chi connectivity index (χ0n) is 18.0. The van der Waals surface area contributed by atoms with Gasteiger partial charge < -0.3 is 15.4 Å². The van der Waals surface area contributed by atoms with Crippen LogP contribution in [0.1, 0.15) is 27.5 Å². The van der Waals surface area contributed by atoms with Gasteiger partial charge in [0, 0.05) is 29.4 Å². The van der Waals surface area contributed by atoms with E-state index < -0.39 is 0 Å². The zero-order chi connectivity index (χ0) is 22.9. The molecule has 33 heavy (non-hydrogen) atoms. The van der Waals surface area contributed by atoms with Crippen LogP contribution in [0.3, 0.4) is 0 Å². The fourth-order valence-corrected chi connectivity index (χ4v) is 4.42. The Labute approximate surface area is 196 Å². The van der Waals surface area contributed by atoms with Gasteiger partial charge in [0.05, 0.1) is 24.8 Å². The topological polar surface area (TPSA) is 82.7 Å². The van der Waals surface area contributed by atoms with E-state index in [1.807, 2.05) is 36.4 Å². The lowest BCUT2D eigenvalue weighted by Crippen LogP contribution is -2.35. The lowest BCUT2D eigenvalue weighted by molar-refractivity contribution is -0.120. The monoisotopic (exact) mass is 462 g/mol. The molecule has 0 bridgehead atoms. The molecule has 1 fully saturated rings. The lowest BCUT2D eigenvalue weighted by atomic mass is 9.88. The number of nitrogens with one attached hydrogen (secondary N) is 3. The highest BCUT2D eigenvalue weighted by Crippen LogP contribution is 2.40. The van der Waals surface area contributed by atoms with Crippen LogP contribution in [0, 0.1) is 5.92 Å². The summed E-state index contributed by atoms with van der Waals surface area (Å²) in [6.07, 6.45) is 0. The van der Waals surface area contributed by atoms with Crippen molar-refractivity contribution in [2.45, 2.75) is 12.6 Å². The third-order valence-electron chi connectivity index (χ3n) is 6.04. The standard InChI is InChI=1S/C25H23ClN4O3/c1-33-19-4-2-3-15(11-19)13-28-24(31)16-5-10-22-20(12-16)23-21(14-27-22)25(32)30(29-23)18-8-6-17(26)7-9-18/h2-12,21,23,27,29H,13-14H2,1H3,(H,28,31). The molecule has 5 rings (SSSR count). The Balaban J connectivity index is 1.35. The van der Waals surface area contributed by atoms with Crippen LogP contribution in [0.5, 0.6) is 5.75 Å². The minimum atomic E-state index is -0.275. The van der Waals surface area contributed by atoms with E-state index in [-0.39, 0.29) is 23.8 Å². The number of fused-ring (bicyclic) bond motifs is 3. The van der Waals surface area contributed by atoms with Crippen molar-refractivity contribution in [3.8, 4) is 5.75 Å². The summed E-state index contributed by atoms with van der Waals surface area (Å²) in [7, 11) is 1.61. The Kier molecular flexibility index (Phi) is 5.66. The van der Waals surface area contributed by atoms with Gasteiger partial charge in [-0.05, 0) is 65.7 Å². The molecule has 3 aromatic rings. The number of hydrogen-bond donors (Lipinski definition) is 3. The maximum absolute atomic E-state index is 13.1. The fraction of sp³-hybridized carbons (Fsp3) is 0.200. The van der Waals surface area contributed by atoms with Crippen LogP contribution in [-0.2, 0) is 11.3 Å². The summed E-state index contributed by atoms with van der Waals surface area (Å²) in [6, 6.07) is 20.0. The van der Waals surface area contributed by atoms with Crippen LogP contribution in [0.15, 0.2) is 66.7 Å². The SMILES string of the molecule is COc1cccc(CNC(=O)c2ccc3c(c2)C2NN(c4ccc(Cl)cc4)C(=O)C2CN3)c1. The summed E-state index contributed by atoms with van der Waals surface area (Å²) in [5, 5.41) is 8.46. The number of carbonyl (C=O) groups excluding carboxylic acids is 2. The molecule has 1 saturated heterocycles. The Hall–Kier alpha value is -3.55. The molecule has 3 aromatic carbocycles. The van der Waals surface area contributed by atoms with Gasteiger partial charge in [-0.2, -0.15) is 0 Å². The summed E-state index contributed by atoms with van der Waals surface area (Å²) in [5.74, 6) is 0.271. The molecule has 0 radical (unpaired) electrons. The molecule has 0 spiro atoms. The first-order chi connectivity index (χ1) is 16.0. The maximum Gasteiger partial charge on any atom is 0.251 e. The molecule has 0 aliphatic carbocycles. The number of rotatable bonds is 5. The molecule has 0 aromatic heterocycles. The number of methoxy groups -OCH3 is 1. The van der Waals surface area contributed by atoms with Gasteiger partial charge in [-0.25, -0.2) is 10.4 Å². The van der Waals surface area contributed by atoms with Crippen LogP contribution in [-0.4, -0.2) is 25.5 Å². The molecular weight excluding hydrogens is 440 g/mol. The number of anilines is 2. The number of hydrogen-bond acceptors (Lipinski definition) is 5. The minimum Gasteiger partial charge on any atom is -0.497 e. The van der Waals surface area contributed by atoms with Crippen molar-refractivity contribution >= 4 is 34.8 Å². The number of nitrogens with zero attached hydrogens (tertiary/aromatic N) is 1. The maximum atomic E-state index is 13.1. The van der Waals surface area contributed by atoms with E-state index in [0.717, 1.165) is 28.3 Å². The van der Waals surface area contributed by atoms with Gasteiger partial charge in [-0.3, -0.25) is 9.59 Å². The molecule has 168 valence electrons. The van der Waals surface area contributed by atoms with Gasteiger partial charge >= 0.3 is 0 Å². The lowest BCUT2D eigenvalue weighted by Gasteiger charge is -2.27. The molecule has 2 unspecified atom stereocenters. The van der Waals surface area contributed by atoms with Crippen molar-refractivity contribution in [3.63, 3.8) is 0 Å². The van der Waals surface area contributed by atoms with Gasteiger partial charge in [-0.15, -0.1) is 0 Å². The number of halogens is 1. The van der Waals surface area contributed by atoms with E-state index in [1.54, 1.807) is 42.5 Å². The van der Waals surface area contributed by atoms with Crippen molar-refractivity contribution in [1.29, 1.82) is 0 Å². The Morgan fingerprint density at radius 2 is 1.97 bits per heavy atom. The average Bonchev–Trinajstić information content (AvgIpc) is 3.19. The second-order valence-corrected chi connectivity index (χ2v) is 8.52. The molecule has 2 atom stereocenters. The number of amides is 2. The fourth-order valence-electron chi connectivity index (χ4n) is 4.29. The second kappa shape index (κ2) is 8.77. The molecule has 2 aliphatic rings. The van der Waals surface area contributed by atoms with Gasteiger partial charge in [0.1, 0.15) is 5.75 Å². The largest absolute Gasteiger partial charge is 0.497 e.